The smallest absolute Gasteiger partial charge is 0.323 e. The Morgan fingerprint density at radius 2 is 1.95 bits per heavy atom. The van der Waals surface area contributed by atoms with Crippen molar-refractivity contribution < 1.29 is 14.7 Å². The predicted molar refractivity (Wildman–Crippen MR) is 79.1 cm³/mol. The second kappa shape index (κ2) is 7.78. The van der Waals surface area contributed by atoms with Crippen LogP contribution in [-0.2, 0) is 16.1 Å². The number of carboxylic acid groups (broad SMARTS) is 1. The number of aryl methyl sites for hydroxylation is 3. The number of carbonyl (C=O) groups is 2. The quantitative estimate of drug-likeness (QED) is 0.749. The molecule has 0 aliphatic carbocycles. The second-order valence-electron chi connectivity index (χ2n) is 5.41. The third-order valence-electron chi connectivity index (χ3n) is 3.14. The Hall–Kier alpha value is -1.89. The molecule has 1 aromatic rings. The zero-order chi connectivity index (χ0) is 16.0. The van der Waals surface area contributed by atoms with E-state index in [4.69, 9.17) is 5.11 Å². The molecule has 0 aliphatic rings. The lowest BCUT2D eigenvalue weighted by atomic mass is 10.3. The molecule has 0 atom stereocenters. The summed E-state index contributed by atoms with van der Waals surface area (Å²) in [5.74, 6) is -1.15. The van der Waals surface area contributed by atoms with Gasteiger partial charge in [-0.05, 0) is 34.0 Å². The van der Waals surface area contributed by atoms with Gasteiger partial charge in [-0.3, -0.25) is 14.3 Å². The minimum Gasteiger partial charge on any atom is -0.480 e. The number of aliphatic carboxylic acids is 1. The number of nitrogens with zero attached hydrogens (tertiary/aromatic N) is 4. The summed E-state index contributed by atoms with van der Waals surface area (Å²) in [4.78, 5) is 26.4. The average molecular weight is 296 g/mol. The van der Waals surface area contributed by atoms with Crippen LogP contribution < -0.4 is 0 Å². The van der Waals surface area contributed by atoms with Crippen LogP contribution in [0.1, 0.15) is 17.8 Å². The standard InChI is InChI=1S/C14H24N4O3/c1-11-9-12(2)18(15-11)6-5-13(19)17(10-14(20)21)8-7-16(3)4/h9H,5-8,10H2,1-4H3,(H,20,21). The number of rotatable bonds is 8. The Bertz CT molecular complexity index is 496. The fourth-order valence-corrected chi connectivity index (χ4v) is 2.04. The van der Waals surface area contributed by atoms with Crippen LogP contribution >= 0.6 is 0 Å². The third-order valence-corrected chi connectivity index (χ3v) is 3.14. The molecule has 0 bridgehead atoms. The summed E-state index contributed by atoms with van der Waals surface area (Å²) in [6.07, 6.45) is 0.253. The number of hydrogen-bond donors (Lipinski definition) is 1. The van der Waals surface area contributed by atoms with E-state index in [0.717, 1.165) is 11.4 Å². The molecule has 0 saturated heterocycles. The van der Waals surface area contributed by atoms with E-state index in [1.165, 1.54) is 4.90 Å². The Kier molecular flexibility index (Phi) is 6.36. The van der Waals surface area contributed by atoms with Crippen molar-refractivity contribution in [2.75, 3.05) is 33.7 Å². The molecule has 0 aliphatic heterocycles. The topological polar surface area (TPSA) is 78.7 Å². The van der Waals surface area contributed by atoms with Gasteiger partial charge in [-0.1, -0.05) is 0 Å². The van der Waals surface area contributed by atoms with Crippen LogP contribution in [0.3, 0.4) is 0 Å². The lowest BCUT2D eigenvalue weighted by Gasteiger charge is -2.22. The molecule has 1 N–H and O–H groups in total. The van der Waals surface area contributed by atoms with Crippen LogP contribution in [0.2, 0.25) is 0 Å². The van der Waals surface area contributed by atoms with Gasteiger partial charge in [0.1, 0.15) is 6.54 Å². The van der Waals surface area contributed by atoms with Crippen molar-refractivity contribution in [3.8, 4) is 0 Å². The van der Waals surface area contributed by atoms with E-state index in [2.05, 4.69) is 5.10 Å². The summed E-state index contributed by atoms with van der Waals surface area (Å²) in [5.41, 5.74) is 1.91. The predicted octanol–water partition coefficient (Wildman–Crippen LogP) is 0.365. The van der Waals surface area contributed by atoms with Crippen LogP contribution in [0.15, 0.2) is 6.07 Å². The van der Waals surface area contributed by atoms with Gasteiger partial charge in [-0.25, -0.2) is 0 Å². The van der Waals surface area contributed by atoms with Crippen molar-refractivity contribution in [1.82, 2.24) is 19.6 Å². The second-order valence-corrected chi connectivity index (χ2v) is 5.41. The van der Waals surface area contributed by atoms with Crippen molar-refractivity contribution >= 4 is 11.9 Å². The van der Waals surface area contributed by atoms with Gasteiger partial charge in [0.15, 0.2) is 0 Å². The van der Waals surface area contributed by atoms with Gasteiger partial charge in [-0.2, -0.15) is 5.10 Å². The number of carbonyl (C=O) groups excluding carboxylic acids is 1. The summed E-state index contributed by atoms with van der Waals surface area (Å²) in [7, 11) is 3.78. The Morgan fingerprint density at radius 3 is 2.43 bits per heavy atom. The van der Waals surface area contributed by atoms with Crippen LogP contribution in [0.25, 0.3) is 0 Å². The van der Waals surface area contributed by atoms with Crippen molar-refractivity contribution in [3.63, 3.8) is 0 Å². The molecular weight excluding hydrogens is 272 g/mol. The van der Waals surface area contributed by atoms with Crippen LogP contribution in [0.5, 0.6) is 0 Å². The molecule has 1 rings (SSSR count). The number of aromatic nitrogens is 2. The summed E-state index contributed by atoms with van der Waals surface area (Å²) in [5, 5.41) is 13.2. The molecule has 21 heavy (non-hydrogen) atoms. The molecule has 0 radical (unpaired) electrons. The molecule has 0 unspecified atom stereocenters. The Balaban J connectivity index is 2.58. The largest absolute Gasteiger partial charge is 0.480 e. The number of hydrogen-bond acceptors (Lipinski definition) is 4. The maximum absolute atomic E-state index is 12.2. The van der Waals surface area contributed by atoms with Gasteiger partial charge in [0.2, 0.25) is 5.91 Å². The summed E-state index contributed by atoms with van der Waals surface area (Å²) in [6.45, 7) is 5.10. The molecular formula is C14H24N4O3. The minimum absolute atomic E-state index is 0.160. The zero-order valence-corrected chi connectivity index (χ0v) is 13.2. The zero-order valence-electron chi connectivity index (χ0n) is 13.2. The number of amides is 1. The van der Waals surface area contributed by atoms with Gasteiger partial charge in [0, 0.05) is 31.7 Å². The number of carboxylic acids is 1. The molecule has 0 fully saturated rings. The summed E-state index contributed by atoms with van der Waals surface area (Å²) >= 11 is 0. The first-order valence-corrected chi connectivity index (χ1v) is 6.95. The van der Waals surface area contributed by atoms with Crippen LogP contribution in [0, 0.1) is 13.8 Å². The fraction of sp³-hybridized carbons (Fsp3) is 0.643. The minimum atomic E-state index is -0.992. The van der Waals surface area contributed by atoms with Gasteiger partial charge < -0.3 is 14.9 Å². The van der Waals surface area contributed by atoms with Gasteiger partial charge in [0.25, 0.3) is 0 Å². The van der Waals surface area contributed by atoms with E-state index in [1.54, 1.807) is 4.68 Å². The molecule has 0 saturated carbocycles. The van der Waals surface area contributed by atoms with E-state index in [-0.39, 0.29) is 18.9 Å². The highest BCUT2D eigenvalue weighted by Gasteiger charge is 2.17. The van der Waals surface area contributed by atoms with E-state index < -0.39 is 5.97 Å². The van der Waals surface area contributed by atoms with E-state index >= 15 is 0 Å². The Labute approximate surface area is 125 Å². The van der Waals surface area contributed by atoms with E-state index in [9.17, 15) is 9.59 Å². The molecule has 0 aromatic carbocycles. The first-order valence-electron chi connectivity index (χ1n) is 6.95. The lowest BCUT2D eigenvalue weighted by molar-refractivity contribution is -0.144. The SMILES string of the molecule is Cc1cc(C)n(CCC(=O)N(CCN(C)C)CC(=O)O)n1. The maximum Gasteiger partial charge on any atom is 0.323 e. The van der Waals surface area contributed by atoms with Crippen molar-refractivity contribution in [2.24, 2.45) is 0 Å². The van der Waals surface area contributed by atoms with E-state index in [0.29, 0.717) is 19.6 Å². The Morgan fingerprint density at radius 1 is 1.29 bits per heavy atom. The van der Waals surface area contributed by atoms with Crippen LogP contribution in [-0.4, -0.2) is 70.3 Å². The normalized spacial score (nSPS) is 10.9. The monoisotopic (exact) mass is 296 g/mol. The van der Waals surface area contributed by atoms with Crippen molar-refractivity contribution in [1.29, 1.82) is 0 Å². The summed E-state index contributed by atoms with van der Waals surface area (Å²) in [6, 6.07) is 1.95. The summed E-state index contributed by atoms with van der Waals surface area (Å²) < 4.78 is 1.78. The molecule has 1 aromatic heterocycles. The highest BCUT2D eigenvalue weighted by atomic mass is 16.4. The fourth-order valence-electron chi connectivity index (χ4n) is 2.04. The maximum atomic E-state index is 12.2. The van der Waals surface area contributed by atoms with Gasteiger partial charge in [-0.15, -0.1) is 0 Å². The third kappa shape index (κ3) is 5.95. The lowest BCUT2D eigenvalue weighted by Crippen LogP contribution is -2.40. The molecule has 1 heterocycles. The molecule has 7 nitrogen and oxygen atoms in total. The number of likely N-dealkylation sites (N-methyl/N-ethyl adjacent to an activating group) is 1. The van der Waals surface area contributed by atoms with Crippen molar-refractivity contribution in [2.45, 2.75) is 26.8 Å². The van der Waals surface area contributed by atoms with Crippen molar-refractivity contribution in [3.05, 3.63) is 17.5 Å². The highest BCUT2D eigenvalue weighted by molar-refractivity contribution is 5.81. The van der Waals surface area contributed by atoms with Gasteiger partial charge >= 0.3 is 5.97 Å². The molecule has 0 spiro atoms. The first-order chi connectivity index (χ1) is 9.79. The molecule has 118 valence electrons. The highest BCUT2D eigenvalue weighted by Crippen LogP contribution is 2.04. The average Bonchev–Trinajstić information content (AvgIpc) is 2.69. The molecule has 7 heteroatoms. The first kappa shape index (κ1) is 17.2. The van der Waals surface area contributed by atoms with E-state index in [1.807, 2.05) is 38.9 Å². The van der Waals surface area contributed by atoms with Crippen LogP contribution in [0.4, 0.5) is 0 Å². The van der Waals surface area contributed by atoms with Gasteiger partial charge in [0.05, 0.1) is 5.69 Å². The molecule has 1 amide bonds.